The van der Waals surface area contributed by atoms with Gasteiger partial charge in [-0.3, -0.25) is 0 Å². The minimum atomic E-state index is -0.269. The number of hydrogen-bond donors (Lipinski definition) is 1. The Morgan fingerprint density at radius 1 is 1.00 bits per heavy atom. The standard InChI is InChI=1S/C20H18FN5/c1-3-17-13(2)22-20-24-18(14-7-5-4-6-8-14)25-26(20)19(17)23-16-11-9-15(21)10-12-16/h4-12,23H,3H2,1-2H3. The predicted molar refractivity (Wildman–Crippen MR) is 100 cm³/mol. The van der Waals surface area contributed by atoms with Crippen LogP contribution >= 0.6 is 0 Å². The molecule has 6 heteroatoms. The van der Waals surface area contributed by atoms with Crippen molar-refractivity contribution in [2.75, 3.05) is 5.32 Å². The molecule has 2 heterocycles. The Hall–Kier alpha value is -3.28. The zero-order chi connectivity index (χ0) is 18.1. The highest BCUT2D eigenvalue weighted by Crippen LogP contribution is 2.26. The van der Waals surface area contributed by atoms with E-state index in [1.807, 2.05) is 37.3 Å². The Bertz CT molecular complexity index is 1060. The monoisotopic (exact) mass is 347 g/mol. The molecule has 0 atom stereocenters. The van der Waals surface area contributed by atoms with Crippen LogP contribution in [-0.4, -0.2) is 19.6 Å². The zero-order valence-corrected chi connectivity index (χ0v) is 14.6. The summed E-state index contributed by atoms with van der Waals surface area (Å²) in [5, 5.41) is 8.01. The fraction of sp³-hybridized carbons (Fsp3) is 0.150. The number of halogens is 1. The summed E-state index contributed by atoms with van der Waals surface area (Å²) in [6, 6.07) is 16.1. The summed E-state index contributed by atoms with van der Waals surface area (Å²) in [7, 11) is 0. The SMILES string of the molecule is CCc1c(C)nc2nc(-c3ccccc3)nn2c1Nc1ccc(F)cc1. The number of anilines is 2. The van der Waals surface area contributed by atoms with E-state index in [1.54, 1.807) is 16.6 Å². The van der Waals surface area contributed by atoms with Crippen LogP contribution in [0.1, 0.15) is 18.2 Å². The van der Waals surface area contributed by atoms with Gasteiger partial charge in [-0.25, -0.2) is 9.37 Å². The lowest BCUT2D eigenvalue weighted by molar-refractivity contribution is 0.628. The Labute approximate surface area is 150 Å². The van der Waals surface area contributed by atoms with E-state index >= 15 is 0 Å². The van der Waals surface area contributed by atoms with E-state index in [9.17, 15) is 4.39 Å². The molecule has 1 N–H and O–H groups in total. The number of aryl methyl sites for hydroxylation is 1. The minimum absolute atomic E-state index is 0.269. The summed E-state index contributed by atoms with van der Waals surface area (Å²) in [6.45, 7) is 4.03. The lowest BCUT2D eigenvalue weighted by atomic mass is 10.1. The second kappa shape index (κ2) is 6.55. The first-order valence-corrected chi connectivity index (χ1v) is 8.50. The molecular weight excluding hydrogens is 329 g/mol. The van der Waals surface area contributed by atoms with Crippen LogP contribution in [-0.2, 0) is 6.42 Å². The number of benzene rings is 2. The van der Waals surface area contributed by atoms with Crippen molar-refractivity contribution in [3.8, 4) is 11.4 Å². The average Bonchev–Trinajstić information content (AvgIpc) is 3.08. The van der Waals surface area contributed by atoms with Gasteiger partial charge in [-0.15, -0.1) is 5.10 Å². The maximum absolute atomic E-state index is 13.2. The van der Waals surface area contributed by atoms with E-state index in [-0.39, 0.29) is 5.82 Å². The van der Waals surface area contributed by atoms with Crippen LogP contribution in [0.25, 0.3) is 17.2 Å². The lowest BCUT2D eigenvalue weighted by Crippen LogP contribution is -2.08. The van der Waals surface area contributed by atoms with Gasteiger partial charge in [0.1, 0.15) is 11.6 Å². The van der Waals surface area contributed by atoms with E-state index in [4.69, 9.17) is 0 Å². The molecule has 0 amide bonds. The molecule has 2 aromatic heterocycles. The van der Waals surface area contributed by atoms with E-state index < -0.39 is 0 Å². The molecule has 0 aliphatic carbocycles. The van der Waals surface area contributed by atoms with Crippen molar-refractivity contribution in [3.05, 3.63) is 71.7 Å². The Kier molecular flexibility index (Phi) is 4.08. The third-order valence-corrected chi connectivity index (χ3v) is 4.28. The van der Waals surface area contributed by atoms with Crippen molar-refractivity contribution in [3.63, 3.8) is 0 Å². The third kappa shape index (κ3) is 2.90. The minimum Gasteiger partial charge on any atom is -0.340 e. The lowest BCUT2D eigenvalue weighted by Gasteiger charge is -2.14. The highest BCUT2D eigenvalue weighted by molar-refractivity contribution is 5.65. The molecule has 0 spiro atoms. The van der Waals surface area contributed by atoms with Crippen LogP contribution in [0.5, 0.6) is 0 Å². The van der Waals surface area contributed by atoms with Gasteiger partial charge in [-0.2, -0.15) is 9.50 Å². The summed E-state index contributed by atoms with van der Waals surface area (Å²) in [5.74, 6) is 1.68. The van der Waals surface area contributed by atoms with Gasteiger partial charge in [0.15, 0.2) is 5.82 Å². The van der Waals surface area contributed by atoms with Crippen molar-refractivity contribution in [1.29, 1.82) is 0 Å². The highest BCUT2D eigenvalue weighted by atomic mass is 19.1. The molecule has 130 valence electrons. The summed E-state index contributed by atoms with van der Waals surface area (Å²) in [4.78, 5) is 9.17. The van der Waals surface area contributed by atoms with Crippen LogP contribution in [0.4, 0.5) is 15.9 Å². The zero-order valence-electron chi connectivity index (χ0n) is 14.6. The predicted octanol–water partition coefficient (Wildman–Crippen LogP) is 4.54. The summed E-state index contributed by atoms with van der Waals surface area (Å²) in [5.41, 5.74) is 3.66. The number of rotatable bonds is 4. The summed E-state index contributed by atoms with van der Waals surface area (Å²) < 4.78 is 14.9. The largest absolute Gasteiger partial charge is 0.340 e. The van der Waals surface area contributed by atoms with Gasteiger partial charge in [0.2, 0.25) is 0 Å². The molecule has 0 saturated carbocycles. The highest BCUT2D eigenvalue weighted by Gasteiger charge is 2.16. The van der Waals surface area contributed by atoms with Gasteiger partial charge in [0.25, 0.3) is 5.78 Å². The van der Waals surface area contributed by atoms with E-state index in [2.05, 4.69) is 27.3 Å². The second-order valence-corrected chi connectivity index (χ2v) is 6.02. The summed E-state index contributed by atoms with van der Waals surface area (Å²) >= 11 is 0. The molecule has 0 fully saturated rings. The molecule has 2 aromatic carbocycles. The molecular formula is C20H18FN5. The van der Waals surface area contributed by atoms with Gasteiger partial charge >= 0.3 is 0 Å². The number of fused-ring (bicyclic) bond motifs is 1. The molecule has 26 heavy (non-hydrogen) atoms. The van der Waals surface area contributed by atoms with Gasteiger partial charge in [0.05, 0.1) is 0 Å². The van der Waals surface area contributed by atoms with Gasteiger partial charge in [-0.05, 0) is 37.6 Å². The van der Waals surface area contributed by atoms with Gasteiger partial charge in [-0.1, -0.05) is 37.3 Å². The van der Waals surface area contributed by atoms with Crippen LogP contribution in [0.15, 0.2) is 54.6 Å². The third-order valence-electron chi connectivity index (χ3n) is 4.28. The molecule has 0 aliphatic heterocycles. The van der Waals surface area contributed by atoms with E-state index in [1.165, 1.54) is 12.1 Å². The number of nitrogens with one attached hydrogen (secondary N) is 1. The first kappa shape index (κ1) is 16.2. The topological polar surface area (TPSA) is 55.1 Å². The Balaban J connectivity index is 1.88. The van der Waals surface area contributed by atoms with Crippen molar-refractivity contribution in [1.82, 2.24) is 19.6 Å². The maximum atomic E-state index is 13.2. The molecule has 0 radical (unpaired) electrons. The van der Waals surface area contributed by atoms with Crippen LogP contribution in [0.2, 0.25) is 0 Å². The fourth-order valence-corrected chi connectivity index (χ4v) is 2.97. The van der Waals surface area contributed by atoms with Crippen LogP contribution < -0.4 is 5.32 Å². The van der Waals surface area contributed by atoms with E-state index in [0.717, 1.165) is 34.7 Å². The van der Waals surface area contributed by atoms with Gasteiger partial charge < -0.3 is 5.32 Å². The van der Waals surface area contributed by atoms with Crippen molar-refractivity contribution < 1.29 is 4.39 Å². The average molecular weight is 347 g/mol. The molecule has 0 saturated heterocycles. The molecule has 4 aromatic rings. The molecule has 0 bridgehead atoms. The first-order valence-electron chi connectivity index (χ1n) is 8.50. The van der Waals surface area contributed by atoms with Crippen LogP contribution in [0.3, 0.4) is 0 Å². The maximum Gasteiger partial charge on any atom is 0.254 e. The fourth-order valence-electron chi connectivity index (χ4n) is 2.97. The quantitative estimate of drug-likeness (QED) is 0.589. The molecule has 4 rings (SSSR count). The molecule has 0 aliphatic rings. The van der Waals surface area contributed by atoms with Crippen molar-refractivity contribution in [2.24, 2.45) is 0 Å². The molecule has 0 unspecified atom stereocenters. The Morgan fingerprint density at radius 2 is 1.73 bits per heavy atom. The number of hydrogen-bond acceptors (Lipinski definition) is 4. The van der Waals surface area contributed by atoms with Gasteiger partial charge in [0, 0.05) is 22.5 Å². The summed E-state index contributed by atoms with van der Waals surface area (Å²) in [6.07, 6.45) is 0.791. The van der Waals surface area contributed by atoms with Crippen molar-refractivity contribution >= 4 is 17.3 Å². The number of nitrogens with zero attached hydrogens (tertiary/aromatic N) is 4. The Morgan fingerprint density at radius 3 is 2.42 bits per heavy atom. The number of aromatic nitrogens is 4. The second-order valence-electron chi connectivity index (χ2n) is 6.02. The smallest absolute Gasteiger partial charge is 0.254 e. The van der Waals surface area contributed by atoms with Crippen LogP contribution in [0, 0.1) is 12.7 Å². The normalized spacial score (nSPS) is 11.0. The molecule has 5 nitrogen and oxygen atoms in total. The van der Waals surface area contributed by atoms with Crippen molar-refractivity contribution in [2.45, 2.75) is 20.3 Å². The first-order chi connectivity index (χ1) is 12.7. The van der Waals surface area contributed by atoms with E-state index in [0.29, 0.717) is 11.6 Å².